The maximum Gasteiger partial charge on any atom is 0.277 e. The quantitative estimate of drug-likeness (QED) is 0.600. The molecule has 0 aliphatic heterocycles. The smallest absolute Gasteiger partial charge is 0.277 e. The van der Waals surface area contributed by atoms with E-state index in [9.17, 15) is 4.79 Å². The van der Waals surface area contributed by atoms with Crippen LogP contribution >= 0.6 is 39.1 Å². The second-order valence-electron chi connectivity index (χ2n) is 4.18. The topological polar surface area (TPSA) is 50.7 Å². The average Bonchev–Trinajstić information content (AvgIpc) is 2.49. The molecule has 0 aliphatic carbocycles. The van der Waals surface area contributed by atoms with Crippen molar-refractivity contribution in [2.75, 3.05) is 6.61 Å². The number of carbonyl (C=O) groups excluding carboxylic acids is 1. The van der Waals surface area contributed by atoms with Crippen LogP contribution in [0, 0.1) is 0 Å². The lowest BCUT2D eigenvalue weighted by atomic mass is 10.2. The number of rotatable bonds is 5. The molecule has 22 heavy (non-hydrogen) atoms. The predicted molar refractivity (Wildman–Crippen MR) is 91.8 cm³/mol. The zero-order valence-electron chi connectivity index (χ0n) is 11.2. The van der Waals surface area contributed by atoms with Gasteiger partial charge in [-0.3, -0.25) is 4.79 Å². The number of halogens is 3. The van der Waals surface area contributed by atoms with Crippen LogP contribution in [0.15, 0.2) is 52.0 Å². The van der Waals surface area contributed by atoms with Crippen molar-refractivity contribution in [1.82, 2.24) is 5.43 Å². The van der Waals surface area contributed by atoms with Gasteiger partial charge in [0.1, 0.15) is 5.75 Å². The number of nitrogens with zero attached hydrogens (tertiary/aromatic N) is 1. The van der Waals surface area contributed by atoms with Crippen LogP contribution < -0.4 is 10.2 Å². The summed E-state index contributed by atoms with van der Waals surface area (Å²) in [5.41, 5.74) is 2.97. The zero-order chi connectivity index (χ0) is 15.9. The van der Waals surface area contributed by atoms with Crippen LogP contribution in [-0.4, -0.2) is 18.7 Å². The molecule has 0 saturated heterocycles. The Morgan fingerprint density at radius 2 is 2.05 bits per heavy atom. The molecule has 0 saturated carbocycles. The summed E-state index contributed by atoms with van der Waals surface area (Å²) in [6.45, 7) is -0.142. The molecule has 0 bridgehead atoms. The van der Waals surface area contributed by atoms with E-state index < -0.39 is 0 Å². The monoisotopic (exact) mass is 400 g/mol. The number of carbonyl (C=O) groups is 1. The summed E-state index contributed by atoms with van der Waals surface area (Å²) in [5, 5.41) is 4.62. The summed E-state index contributed by atoms with van der Waals surface area (Å²) >= 11 is 15.2. The Kier molecular flexibility index (Phi) is 6.24. The molecule has 0 radical (unpaired) electrons. The largest absolute Gasteiger partial charge is 0.484 e. The second kappa shape index (κ2) is 8.17. The first-order valence-corrected chi connectivity index (χ1v) is 7.75. The van der Waals surface area contributed by atoms with E-state index in [1.165, 1.54) is 6.21 Å². The first kappa shape index (κ1) is 16.8. The van der Waals surface area contributed by atoms with E-state index in [0.29, 0.717) is 21.4 Å². The normalized spacial score (nSPS) is 10.7. The Balaban J connectivity index is 1.85. The van der Waals surface area contributed by atoms with E-state index in [-0.39, 0.29) is 12.5 Å². The van der Waals surface area contributed by atoms with Gasteiger partial charge in [0.05, 0.1) is 16.3 Å². The van der Waals surface area contributed by atoms with Gasteiger partial charge in [0.15, 0.2) is 6.61 Å². The Morgan fingerprint density at radius 1 is 1.27 bits per heavy atom. The molecule has 2 rings (SSSR count). The standard InChI is InChI=1S/C15H11BrCl2N2O2/c16-11-4-2-5-12(7-11)22-9-14(21)20-19-8-10-3-1-6-13(17)15(10)18/h1-8H,9H2,(H,20,21)/b19-8+. The Hall–Kier alpha value is -1.56. The zero-order valence-corrected chi connectivity index (χ0v) is 14.3. The fourth-order valence-electron chi connectivity index (χ4n) is 1.53. The van der Waals surface area contributed by atoms with Crippen LogP contribution in [0.2, 0.25) is 10.0 Å². The van der Waals surface area contributed by atoms with Crippen LogP contribution in [0.5, 0.6) is 5.75 Å². The third-order valence-corrected chi connectivity index (χ3v) is 3.87. The van der Waals surface area contributed by atoms with Gasteiger partial charge in [0.25, 0.3) is 5.91 Å². The van der Waals surface area contributed by atoms with Crippen LogP contribution in [0.4, 0.5) is 0 Å². The molecule has 4 nitrogen and oxygen atoms in total. The Bertz CT molecular complexity index is 708. The number of hydrazone groups is 1. The molecule has 114 valence electrons. The van der Waals surface area contributed by atoms with Gasteiger partial charge in [-0.25, -0.2) is 5.43 Å². The summed E-state index contributed by atoms with van der Waals surface area (Å²) < 4.78 is 6.21. The summed E-state index contributed by atoms with van der Waals surface area (Å²) in [5.74, 6) is 0.209. The molecule has 2 aromatic rings. The Morgan fingerprint density at radius 3 is 2.82 bits per heavy atom. The maximum absolute atomic E-state index is 11.6. The van der Waals surface area contributed by atoms with Crippen molar-refractivity contribution in [3.63, 3.8) is 0 Å². The van der Waals surface area contributed by atoms with E-state index in [1.54, 1.807) is 30.3 Å². The van der Waals surface area contributed by atoms with E-state index in [0.717, 1.165) is 4.47 Å². The Labute approximate surface area is 146 Å². The SMILES string of the molecule is O=C(COc1cccc(Br)c1)N/N=C/c1cccc(Cl)c1Cl. The molecule has 0 atom stereocenters. The van der Waals surface area contributed by atoms with Crippen molar-refractivity contribution >= 4 is 51.3 Å². The fraction of sp³-hybridized carbons (Fsp3) is 0.0667. The highest BCUT2D eigenvalue weighted by Crippen LogP contribution is 2.24. The molecule has 0 fully saturated rings. The molecule has 1 amide bonds. The van der Waals surface area contributed by atoms with Gasteiger partial charge in [0.2, 0.25) is 0 Å². The lowest BCUT2D eigenvalue weighted by Gasteiger charge is -2.05. The lowest BCUT2D eigenvalue weighted by molar-refractivity contribution is -0.123. The molecule has 1 N–H and O–H groups in total. The number of amides is 1. The van der Waals surface area contributed by atoms with E-state index in [1.807, 2.05) is 12.1 Å². The summed E-state index contributed by atoms with van der Waals surface area (Å²) in [6.07, 6.45) is 1.42. The van der Waals surface area contributed by atoms with Gasteiger partial charge in [0, 0.05) is 10.0 Å². The van der Waals surface area contributed by atoms with E-state index in [4.69, 9.17) is 27.9 Å². The first-order valence-electron chi connectivity index (χ1n) is 6.20. The number of ether oxygens (including phenoxy) is 1. The molecule has 0 spiro atoms. The van der Waals surface area contributed by atoms with Crippen LogP contribution in [0.1, 0.15) is 5.56 Å². The molecule has 0 aliphatic rings. The van der Waals surface area contributed by atoms with Crippen molar-refractivity contribution in [3.05, 3.63) is 62.5 Å². The molecule has 2 aromatic carbocycles. The lowest BCUT2D eigenvalue weighted by Crippen LogP contribution is -2.24. The minimum absolute atomic E-state index is 0.142. The first-order chi connectivity index (χ1) is 10.6. The minimum atomic E-state index is -0.380. The second-order valence-corrected chi connectivity index (χ2v) is 5.88. The average molecular weight is 402 g/mol. The number of hydrogen-bond acceptors (Lipinski definition) is 3. The van der Waals surface area contributed by atoms with Crippen molar-refractivity contribution < 1.29 is 9.53 Å². The van der Waals surface area contributed by atoms with Crippen LogP contribution in [-0.2, 0) is 4.79 Å². The van der Waals surface area contributed by atoms with Crippen LogP contribution in [0.3, 0.4) is 0 Å². The number of hydrogen-bond donors (Lipinski definition) is 1. The molecule has 0 unspecified atom stereocenters. The third-order valence-electron chi connectivity index (χ3n) is 2.54. The summed E-state index contributed by atoms with van der Waals surface area (Å²) in [4.78, 5) is 11.6. The minimum Gasteiger partial charge on any atom is -0.484 e. The van der Waals surface area contributed by atoms with Crippen molar-refractivity contribution in [2.45, 2.75) is 0 Å². The molecular weight excluding hydrogens is 391 g/mol. The molecule has 0 heterocycles. The fourth-order valence-corrected chi connectivity index (χ4v) is 2.27. The maximum atomic E-state index is 11.6. The predicted octanol–water partition coefficient (Wildman–Crippen LogP) is 4.29. The molecule has 7 heteroatoms. The van der Waals surface area contributed by atoms with Gasteiger partial charge in [-0.15, -0.1) is 0 Å². The van der Waals surface area contributed by atoms with Gasteiger partial charge in [-0.1, -0.05) is 57.3 Å². The highest BCUT2D eigenvalue weighted by Gasteiger charge is 2.03. The van der Waals surface area contributed by atoms with Crippen molar-refractivity contribution in [3.8, 4) is 5.75 Å². The van der Waals surface area contributed by atoms with E-state index >= 15 is 0 Å². The molecule has 0 aromatic heterocycles. The highest BCUT2D eigenvalue weighted by atomic mass is 79.9. The molecular formula is C15H11BrCl2N2O2. The number of nitrogens with one attached hydrogen (secondary N) is 1. The highest BCUT2D eigenvalue weighted by molar-refractivity contribution is 9.10. The number of benzene rings is 2. The van der Waals surface area contributed by atoms with Gasteiger partial charge in [-0.2, -0.15) is 5.10 Å². The third kappa shape index (κ3) is 5.02. The van der Waals surface area contributed by atoms with Crippen LogP contribution in [0.25, 0.3) is 0 Å². The summed E-state index contributed by atoms with van der Waals surface area (Å²) in [7, 11) is 0. The van der Waals surface area contributed by atoms with Crippen molar-refractivity contribution in [2.24, 2.45) is 5.10 Å². The summed E-state index contributed by atoms with van der Waals surface area (Å²) in [6, 6.07) is 12.4. The van der Waals surface area contributed by atoms with Crippen molar-refractivity contribution in [1.29, 1.82) is 0 Å². The van der Waals surface area contributed by atoms with Gasteiger partial charge < -0.3 is 4.74 Å². The van der Waals surface area contributed by atoms with Gasteiger partial charge in [-0.05, 0) is 24.3 Å². The van der Waals surface area contributed by atoms with E-state index in [2.05, 4.69) is 26.5 Å². The van der Waals surface area contributed by atoms with Gasteiger partial charge >= 0.3 is 0 Å².